The van der Waals surface area contributed by atoms with E-state index in [-0.39, 0.29) is 23.0 Å². The van der Waals surface area contributed by atoms with Gasteiger partial charge in [0.1, 0.15) is 10.7 Å². The molecule has 0 aromatic heterocycles. The van der Waals surface area contributed by atoms with Gasteiger partial charge in [-0.15, -0.1) is 0 Å². The second-order valence-corrected chi connectivity index (χ2v) is 8.05. The van der Waals surface area contributed by atoms with Crippen molar-refractivity contribution in [2.24, 2.45) is 5.92 Å². The van der Waals surface area contributed by atoms with Crippen molar-refractivity contribution < 1.29 is 17.5 Å². The number of rotatable bonds is 4. The molecule has 3 atom stereocenters. The Balaban J connectivity index is 1.95. The molecule has 128 valence electrons. The maximum Gasteiger partial charge on any atom is 0.246 e. The average Bonchev–Trinajstić information content (AvgIpc) is 2.98. The van der Waals surface area contributed by atoms with Gasteiger partial charge in [-0.05, 0) is 25.1 Å². The molecule has 2 aliphatic heterocycles. The molecule has 0 aliphatic carbocycles. The summed E-state index contributed by atoms with van der Waals surface area (Å²) in [7, 11) is -2.16. The van der Waals surface area contributed by atoms with Gasteiger partial charge in [0.15, 0.2) is 0 Å². The molecule has 2 aliphatic rings. The largest absolute Gasteiger partial charge is 0.381 e. The van der Waals surface area contributed by atoms with Gasteiger partial charge >= 0.3 is 0 Å². The lowest BCUT2D eigenvalue weighted by molar-refractivity contribution is 0.00235. The molecule has 0 spiro atoms. The number of likely N-dealkylation sites (N-methyl/N-ethyl adjacent to an activating group) is 1. The Bertz CT molecular complexity index is 667. The molecule has 2 heterocycles. The third-order valence-corrected chi connectivity index (χ3v) is 7.02. The van der Waals surface area contributed by atoms with E-state index in [1.807, 2.05) is 0 Å². The number of hydrogen-bond donors (Lipinski definition) is 0. The van der Waals surface area contributed by atoms with Crippen molar-refractivity contribution in [3.8, 4) is 0 Å². The first-order valence-corrected chi connectivity index (χ1v) is 9.44. The average molecular weight is 342 g/mol. The van der Waals surface area contributed by atoms with Crippen LogP contribution in [0.5, 0.6) is 0 Å². The number of halogens is 1. The maximum absolute atomic E-state index is 14.0. The number of piperidine rings is 1. The van der Waals surface area contributed by atoms with Crippen molar-refractivity contribution in [2.45, 2.75) is 30.4 Å². The van der Waals surface area contributed by atoms with E-state index in [4.69, 9.17) is 4.74 Å². The molecule has 2 saturated heterocycles. The summed E-state index contributed by atoms with van der Waals surface area (Å²) < 4.78 is 47.0. The molecular weight excluding hydrogens is 319 g/mol. The molecule has 0 saturated carbocycles. The number of hydrogen-bond acceptors (Lipinski definition) is 4. The number of nitrogens with zero attached hydrogens (tertiary/aromatic N) is 2. The van der Waals surface area contributed by atoms with Crippen LogP contribution in [0.3, 0.4) is 0 Å². The summed E-state index contributed by atoms with van der Waals surface area (Å²) >= 11 is 0. The molecule has 3 rings (SSSR count). The summed E-state index contributed by atoms with van der Waals surface area (Å²) in [6.07, 6.45) is 0.701. The lowest BCUT2D eigenvalue weighted by atomic mass is 9.91. The zero-order valence-electron chi connectivity index (χ0n) is 13.5. The third kappa shape index (κ3) is 2.91. The maximum atomic E-state index is 14.0. The van der Waals surface area contributed by atoms with Crippen molar-refractivity contribution in [2.75, 3.05) is 33.3 Å². The fourth-order valence-electron chi connectivity index (χ4n) is 3.83. The highest BCUT2D eigenvalue weighted by molar-refractivity contribution is 7.89. The number of sulfonamides is 1. The summed E-state index contributed by atoms with van der Waals surface area (Å²) in [6, 6.07) is 5.44. The number of likely N-dealkylation sites (tertiary alicyclic amines) is 1. The summed E-state index contributed by atoms with van der Waals surface area (Å²) in [5.41, 5.74) is 0. The Labute approximate surface area is 137 Å². The molecule has 1 aromatic carbocycles. The van der Waals surface area contributed by atoms with Crippen LogP contribution in [0.15, 0.2) is 29.2 Å². The topological polar surface area (TPSA) is 49.9 Å². The van der Waals surface area contributed by atoms with Crippen LogP contribution in [-0.4, -0.2) is 63.1 Å². The first-order chi connectivity index (χ1) is 11.0. The molecule has 0 bridgehead atoms. The molecule has 0 amide bonds. The summed E-state index contributed by atoms with van der Waals surface area (Å²) in [5.74, 6) is -0.557. The summed E-state index contributed by atoms with van der Waals surface area (Å²) in [4.78, 5) is 2.00. The third-order valence-electron chi connectivity index (χ3n) is 5.06. The number of methoxy groups -OCH3 is 1. The summed E-state index contributed by atoms with van der Waals surface area (Å²) in [6.45, 7) is 4.80. The van der Waals surface area contributed by atoms with Gasteiger partial charge in [-0.1, -0.05) is 19.1 Å². The Morgan fingerprint density at radius 3 is 2.70 bits per heavy atom. The minimum atomic E-state index is -3.83. The van der Waals surface area contributed by atoms with Crippen molar-refractivity contribution in [1.82, 2.24) is 9.21 Å². The van der Waals surface area contributed by atoms with Crippen molar-refractivity contribution in [1.29, 1.82) is 0 Å². The van der Waals surface area contributed by atoms with E-state index < -0.39 is 15.8 Å². The SMILES string of the molecule is CCN1C[C@H]2[C@H](OC)CCN(S(=O)(=O)c3ccccc3F)[C@H]2C1. The van der Waals surface area contributed by atoms with Crippen molar-refractivity contribution >= 4 is 10.0 Å². The van der Waals surface area contributed by atoms with E-state index in [9.17, 15) is 12.8 Å². The Hall–Kier alpha value is -1.02. The first-order valence-electron chi connectivity index (χ1n) is 8.00. The van der Waals surface area contributed by atoms with Crippen LogP contribution >= 0.6 is 0 Å². The molecule has 23 heavy (non-hydrogen) atoms. The predicted octanol–water partition coefficient (Wildman–Crippen LogP) is 1.56. The zero-order chi connectivity index (χ0) is 16.6. The molecular formula is C16H23FN2O3S. The van der Waals surface area contributed by atoms with Crippen molar-refractivity contribution in [3.63, 3.8) is 0 Å². The van der Waals surface area contributed by atoms with Crippen LogP contribution in [0.2, 0.25) is 0 Å². The first kappa shape index (κ1) is 16.8. The van der Waals surface area contributed by atoms with E-state index in [0.717, 1.165) is 13.1 Å². The highest BCUT2D eigenvalue weighted by atomic mass is 32.2. The van der Waals surface area contributed by atoms with Gasteiger partial charge in [0, 0.05) is 38.7 Å². The Morgan fingerprint density at radius 2 is 2.04 bits per heavy atom. The molecule has 0 unspecified atom stereocenters. The second-order valence-electron chi connectivity index (χ2n) is 6.19. The smallest absolute Gasteiger partial charge is 0.246 e. The zero-order valence-corrected chi connectivity index (χ0v) is 14.3. The molecule has 1 aromatic rings. The minimum Gasteiger partial charge on any atom is -0.381 e. The minimum absolute atomic E-state index is 0.0589. The highest BCUT2D eigenvalue weighted by Gasteiger charge is 2.48. The van der Waals surface area contributed by atoms with Crippen molar-refractivity contribution in [3.05, 3.63) is 30.1 Å². The van der Waals surface area contributed by atoms with Gasteiger partial charge in [0.05, 0.1) is 6.10 Å². The van der Waals surface area contributed by atoms with Gasteiger partial charge in [-0.3, -0.25) is 0 Å². The molecule has 5 nitrogen and oxygen atoms in total. The normalized spacial score (nSPS) is 29.6. The fourth-order valence-corrected chi connectivity index (χ4v) is 5.57. The van der Waals surface area contributed by atoms with Gasteiger partial charge < -0.3 is 9.64 Å². The quantitative estimate of drug-likeness (QED) is 0.833. The van der Waals surface area contributed by atoms with Gasteiger partial charge in [-0.25, -0.2) is 12.8 Å². The van der Waals surface area contributed by atoms with Crippen LogP contribution in [0, 0.1) is 11.7 Å². The van der Waals surface area contributed by atoms with Crippen LogP contribution < -0.4 is 0 Å². The molecule has 7 heteroatoms. The highest BCUT2D eigenvalue weighted by Crippen LogP contribution is 2.36. The summed E-state index contributed by atoms with van der Waals surface area (Å²) in [5, 5.41) is 0. The number of ether oxygens (including phenoxy) is 1. The van der Waals surface area contributed by atoms with Gasteiger partial charge in [0.25, 0.3) is 0 Å². The Kier molecular flexibility index (Phi) is 4.73. The van der Waals surface area contributed by atoms with E-state index in [1.54, 1.807) is 13.2 Å². The van der Waals surface area contributed by atoms with Gasteiger partial charge in [-0.2, -0.15) is 4.31 Å². The van der Waals surface area contributed by atoms with E-state index in [2.05, 4.69) is 11.8 Å². The standard InChI is InChI=1S/C16H23FN2O3S/c1-3-18-10-12-14(11-18)19(9-8-15(12)22-2)23(20,21)16-7-5-4-6-13(16)17/h4-7,12,14-15H,3,8-11H2,1-2H3/t12-,14+,15-/m1/s1. The van der Waals surface area contributed by atoms with Crippen LogP contribution in [0.1, 0.15) is 13.3 Å². The van der Waals surface area contributed by atoms with Crippen LogP contribution in [0.4, 0.5) is 4.39 Å². The second kappa shape index (κ2) is 6.47. The lowest BCUT2D eigenvalue weighted by Crippen LogP contribution is -2.53. The number of benzene rings is 1. The van der Waals surface area contributed by atoms with Crippen LogP contribution in [-0.2, 0) is 14.8 Å². The number of fused-ring (bicyclic) bond motifs is 1. The van der Waals surface area contributed by atoms with Gasteiger partial charge in [0.2, 0.25) is 10.0 Å². The molecule has 2 fully saturated rings. The molecule has 0 N–H and O–H groups in total. The van der Waals surface area contributed by atoms with E-state index in [0.29, 0.717) is 19.5 Å². The van der Waals surface area contributed by atoms with E-state index >= 15 is 0 Å². The Morgan fingerprint density at radius 1 is 1.30 bits per heavy atom. The lowest BCUT2D eigenvalue weighted by Gasteiger charge is -2.40. The monoisotopic (exact) mass is 342 g/mol. The predicted molar refractivity (Wildman–Crippen MR) is 85.1 cm³/mol. The fraction of sp³-hybridized carbons (Fsp3) is 0.625. The van der Waals surface area contributed by atoms with E-state index in [1.165, 1.54) is 22.5 Å². The van der Waals surface area contributed by atoms with Crippen LogP contribution in [0.25, 0.3) is 0 Å². The molecule has 0 radical (unpaired) electrons.